The fourth-order valence-corrected chi connectivity index (χ4v) is 1.40. The third kappa shape index (κ3) is 7.57. The van der Waals surface area contributed by atoms with E-state index in [0.717, 1.165) is 32.3 Å². The zero-order chi connectivity index (χ0) is 11.6. The van der Waals surface area contributed by atoms with Gasteiger partial charge in [0.15, 0.2) is 0 Å². The van der Waals surface area contributed by atoms with Crippen LogP contribution >= 0.6 is 0 Å². The van der Waals surface area contributed by atoms with E-state index in [9.17, 15) is 0 Å². The van der Waals surface area contributed by atoms with Crippen LogP contribution < -0.4 is 5.73 Å². The van der Waals surface area contributed by atoms with E-state index >= 15 is 0 Å². The number of hydrogen-bond acceptors (Lipinski definition) is 2. The van der Waals surface area contributed by atoms with Gasteiger partial charge in [0.1, 0.15) is 0 Å². The minimum Gasteiger partial charge on any atom is -0.380 e. The number of unbranched alkanes of at least 4 members (excludes halogenated alkanes) is 3. The highest BCUT2D eigenvalue weighted by Crippen LogP contribution is 2.11. The van der Waals surface area contributed by atoms with Crippen molar-refractivity contribution in [1.29, 1.82) is 0 Å². The molecule has 0 saturated heterocycles. The summed E-state index contributed by atoms with van der Waals surface area (Å²) >= 11 is 0. The molecule has 0 aliphatic heterocycles. The highest BCUT2D eigenvalue weighted by atomic mass is 16.5. The quantitative estimate of drug-likeness (QED) is 0.446. The molecule has 0 rings (SSSR count). The number of nitrogens with two attached hydrogens (primary N) is 1. The molecular formula is C13H27NO. The molecule has 0 heterocycles. The van der Waals surface area contributed by atoms with Gasteiger partial charge in [0.05, 0.1) is 6.61 Å². The predicted octanol–water partition coefficient (Wildman–Crippen LogP) is 3.27. The van der Waals surface area contributed by atoms with Crippen LogP contribution in [0.15, 0.2) is 12.7 Å². The lowest BCUT2D eigenvalue weighted by molar-refractivity contribution is 0.0783. The summed E-state index contributed by atoms with van der Waals surface area (Å²) in [7, 11) is 0. The highest BCUT2D eigenvalue weighted by Gasteiger charge is 2.19. The van der Waals surface area contributed by atoms with Crippen molar-refractivity contribution in [2.75, 3.05) is 13.2 Å². The molecule has 0 aliphatic rings. The van der Waals surface area contributed by atoms with Crippen molar-refractivity contribution in [3.63, 3.8) is 0 Å². The third-order valence-corrected chi connectivity index (χ3v) is 2.99. The van der Waals surface area contributed by atoms with Crippen molar-refractivity contribution < 1.29 is 4.74 Å². The Morgan fingerprint density at radius 3 is 2.40 bits per heavy atom. The second-order valence-corrected chi connectivity index (χ2v) is 4.26. The van der Waals surface area contributed by atoms with E-state index in [1.165, 1.54) is 12.8 Å². The fraction of sp³-hybridized carbons (Fsp3) is 0.846. The Balaban J connectivity index is 3.33. The number of hydrogen-bond donors (Lipinski definition) is 1. The zero-order valence-corrected chi connectivity index (χ0v) is 10.4. The van der Waals surface area contributed by atoms with Gasteiger partial charge in [-0.05, 0) is 32.1 Å². The molecule has 0 aliphatic carbocycles. The van der Waals surface area contributed by atoms with E-state index < -0.39 is 0 Å². The van der Waals surface area contributed by atoms with Crippen LogP contribution in [0.4, 0.5) is 0 Å². The van der Waals surface area contributed by atoms with Gasteiger partial charge in [-0.1, -0.05) is 26.3 Å². The van der Waals surface area contributed by atoms with Crippen molar-refractivity contribution in [3.05, 3.63) is 12.7 Å². The molecule has 15 heavy (non-hydrogen) atoms. The predicted molar refractivity (Wildman–Crippen MR) is 67.0 cm³/mol. The van der Waals surface area contributed by atoms with Crippen LogP contribution in [0.1, 0.15) is 52.4 Å². The van der Waals surface area contributed by atoms with Gasteiger partial charge in [-0.15, -0.1) is 6.58 Å². The molecule has 0 bridgehead atoms. The average molecular weight is 213 g/mol. The number of ether oxygens (including phenoxy) is 1. The molecule has 0 radical (unpaired) electrons. The molecule has 2 heteroatoms. The van der Waals surface area contributed by atoms with Crippen LogP contribution in [0, 0.1) is 0 Å². The molecule has 0 spiro atoms. The van der Waals surface area contributed by atoms with Gasteiger partial charge in [-0.25, -0.2) is 0 Å². The summed E-state index contributed by atoms with van der Waals surface area (Å²) in [5, 5.41) is 0. The Hall–Kier alpha value is -0.340. The molecular weight excluding hydrogens is 186 g/mol. The van der Waals surface area contributed by atoms with Gasteiger partial charge in [-0.2, -0.15) is 0 Å². The normalized spacial score (nSPS) is 11.7. The molecule has 0 aromatic rings. The van der Waals surface area contributed by atoms with Gasteiger partial charge >= 0.3 is 0 Å². The number of rotatable bonds is 10. The first kappa shape index (κ1) is 14.7. The van der Waals surface area contributed by atoms with E-state index in [-0.39, 0.29) is 5.54 Å². The van der Waals surface area contributed by atoms with Gasteiger partial charge in [0.2, 0.25) is 0 Å². The van der Waals surface area contributed by atoms with Crippen LogP contribution in [-0.4, -0.2) is 18.8 Å². The second-order valence-electron chi connectivity index (χ2n) is 4.26. The SMILES string of the molecule is C=CCCCCCOCC(N)(CC)CC. The minimum atomic E-state index is -0.110. The molecule has 0 fully saturated rings. The maximum Gasteiger partial charge on any atom is 0.0645 e. The van der Waals surface area contributed by atoms with E-state index in [1.54, 1.807) is 0 Å². The van der Waals surface area contributed by atoms with Gasteiger partial charge in [0, 0.05) is 12.1 Å². The smallest absolute Gasteiger partial charge is 0.0645 e. The number of allylic oxidation sites excluding steroid dienone is 1. The summed E-state index contributed by atoms with van der Waals surface area (Å²) in [6.45, 7) is 9.48. The average Bonchev–Trinajstić information content (AvgIpc) is 2.27. The summed E-state index contributed by atoms with van der Waals surface area (Å²) in [5.41, 5.74) is 6.01. The molecule has 0 aromatic heterocycles. The molecule has 90 valence electrons. The van der Waals surface area contributed by atoms with Gasteiger partial charge in [0.25, 0.3) is 0 Å². The molecule has 2 nitrogen and oxygen atoms in total. The van der Waals surface area contributed by atoms with Gasteiger partial charge in [-0.3, -0.25) is 0 Å². The van der Waals surface area contributed by atoms with Crippen LogP contribution in [0.25, 0.3) is 0 Å². The fourth-order valence-electron chi connectivity index (χ4n) is 1.40. The van der Waals surface area contributed by atoms with E-state index in [4.69, 9.17) is 10.5 Å². The van der Waals surface area contributed by atoms with Crippen molar-refractivity contribution >= 4 is 0 Å². The van der Waals surface area contributed by atoms with E-state index in [2.05, 4.69) is 20.4 Å². The Morgan fingerprint density at radius 2 is 1.87 bits per heavy atom. The highest BCUT2D eigenvalue weighted by molar-refractivity contribution is 4.80. The molecule has 0 atom stereocenters. The molecule has 0 aromatic carbocycles. The summed E-state index contributed by atoms with van der Waals surface area (Å²) in [6.07, 6.45) is 8.64. The maximum absolute atomic E-state index is 6.12. The standard InChI is InChI=1S/C13H27NO/c1-4-7-8-9-10-11-15-12-13(14,5-2)6-3/h4H,1,5-12,14H2,2-3H3. The van der Waals surface area contributed by atoms with Crippen molar-refractivity contribution in [1.82, 2.24) is 0 Å². The largest absolute Gasteiger partial charge is 0.380 e. The van der Waals surface area contributed by atoms with Gasteiger partial charge < -0.3 is 10.5 Å². The summed E-state index contributed by atoms with van der Waals surface area (Å²) in [6, 6.07) is 0. The minimum absolute atomic E-state index is 0.110. The van der Waals surface area contributed by atoms with E-state index in [0.29, 0.717) is 6.61 Å². The van der Waals surface area contributed by atoms with Crippen molar-refractivity contribution in [2.45, 2.75) is 57.9 Å². The van der Waals surface area contributed by atoms with Crippen LogP contribution in [0.5, 0.6) is 0 Å². The lowest BCUT2D eigenvalue weighted by atomic mass is 9.96. The lowest BCUT2D eigenvalue weighted by Crippen LogP contribution is -2.43. The molecule has 0 amide bonds. The second kappa shape index (κ2) is 8.93. The van der Waals surface area contributed by atoms with Crippen molar-refractivity contribution in [3.8, 4) is 0 Å². The first-order valence-electron chi connectivity index (χ1n) is 6.16. The molecule has 0 saturated carbocycles. The molecule has 0 unspecified atom stereocenters. The Labute approximate surface area is 94.9 Å². The summed E-state index contributed by atoms with van der Waals surface area (Å²) in [4.78, 5) is 0. The van der Waals surface area contributed by atoms with Crippen LogP contribution in [-0.2, 0) is 4.74 Å². The van der Waals surface area contributed by atoms with Crippen molar-refractivity contribution in [2.24, 2.45) is 5.73 Å². The Kier molecular flexibility index (Phi) is 8.73. The first-order valence-corrected chi connectivity index (χ1v) is 6.16. The summed E-state index contributed by atoms with van der Waals surface area (Å²) < 4.78 is 5.61. The zero-order valence-electron chi connectivity index (χ0n) is 10.4. The van der Waals surface area contributed by atoms with E-state index in [1.807, 2.05) is 6.08 Å². The summed E-state index contributed by atoms with van der Waals surface area (Å²) in [5.74, 6) is 0. The van der Waals surface area contributed by atoms with Crippen LogP contribution in [0.2, 0.25) is 0 Å². The lowest BCUT2D eigenvalue weighted by Gasteiger charge is -2.26. The Bertz CT molecular complexity index is 153. The Morgan fingerprint density at radius 1 is 1.20 bits per heavy atom. The maximum atomic E-state index is 6.12. The molecule has 2 N–H and O–H groups in total. The first-order chi connectivity index (χ1) is 7.18. The van der Waals surface area contributed by atoms with Crippen LogP contribution in [0.3, 0.4) is 0 Å². The topological polar surface area (TPSA) is 35.2 Å². The monoisotopic (exact) mass is 213 g/mol. The third-order valence-electron chi connectivity index (χ3n) is 2.99.